The molecule has 1 aromatic heterocycles. The van der Waals surface area contributed by atoms with Crippen molar-refractivity contribution in [3.63, 3.8) is 0 Å². The highest BCUT2D eigenvalue weighted by atomic mass is 19.4. The quantitative estimate of drug-likeness (QED) is 0.730. The lowest BCUT2D eigenvalue weighted by Gasteiger charge is -2.35. The molecule has 0 aliphatic carbocycles. The van der Waals surface area contributed by atoms with E-state index in [-0.39, 0.29) is 11.9 Å². The first-order valence-corrected chi connectivity index (χ1v) is 4.55. The summed E-state index contributed by atoms with van der Waals surface area (Å²) in [5.74, 6) is -0.112. The van der Waals surface area contributed by atoms with Crippen LogP contribution in [-0.2, 0) is 6.18 Å². The van der Waals surface area contributed by atoms with Gasteiger partial charge >= 0.3 is 6.18 Å². The van der Waals surface area contributed by atoms with Gasteiger partial charge in [0.05, 0.1) is 12.0 Å². The van der Waals surface area contributed by atoms with E-state index >= 15 is 0 Å². The van der Waals surface area contributed by atoms with Crippen LogP contribution < -0.4 is 4.90 Å². The van der Waals surface area contributed by atoms with E-state index in [0.717, 1.165) is 12.3 Å². The molecule has 0 N–H and O–H groups in total. The number of hydrogen-bond acceptors (Lipinski definition) is 4. The van der Waals surface area contributed by atoms with Gasteiger partial charge in [0.15, 0.2) is 0 Å². The molecule has 0 aromatic carbocycles. The smallest absolute Gasteiger partial charge is 0.338 e. The number of hydrogen-bond donors (Lipinski definition) is 0. The minimum Gasteiger partial charge on any atom is -0.338 e. The van der Waals surface area contributed by atoms with Crippen molar-refractivity contribution >= 4 is 5.95 Å². The lowest BCUT2D eigenvalue weighted by atomic mass is 10.0. The molecular formula is C9H7F3N4. The highest BCUT2D eigenvalue weighted by molar-refractivity contribution is 5.36. The van der Waals surface area contributed by atoms with Crippen LogP contribution in [0.25, 0.3) is 0 Å². The minimum absolute atomic E-state index is 0.0290. The minimum atomic E-state index is -4.46. The van der Waals surface area contributed by atoms with Crippen LogP contribution in [-0.4, -0.2) is 23.1 Å². The van der Waals surface area contributed by atoms with Crippen molar-refractivity contribution in [2.24, 2.45) is 5.92 Å². The van der Waals surface area contributed by atoms with Crippen molar-refractivity contribution in [2.75, 3.05) is 18.0 Å². The van der Waals surface area contributed by atoms with Crippen LogP contribution in [0.3, 0.4) is 0 Å². The summed E-state index contributed by atoms with van der Waals surface area (Å²) in [5.41, 5.74) is -0.960. The third kappa shape index (κ3) is 1.91. The maximum absolute atomic E-state index is 12.3. The number of rotatable bonds is 1. The van der Waals surface area contributed by atoms with Gasteiger partial charge < -0.3 is 4.90 Å². The lowest BCUT2D eigenvalue weighted by molar-refractivity contribution is -0.141. The van der Waals surface area contributed by atoms with Gasteiger partial charge in [0.25, 0.3) is 0 Å². The van der Waals surface area contributed by atoms with Crippen LogP contribution in [0.2, 0.25) is 0 Å². The van der Waals surface area contributed by atoms with E-state index in [1.54, 1.807) is 4.90 Å². The number of halogens is 3. The molecule has 1 fully saturated rings. The molecule has 0 unspecified atom stereocenters. The Kier molecular flexibility index (Phi) is 2.42. The standard InChI is InChI=1S/C9H7F3N4/c10-9(11,12)7-1-2-14-8(15-7)16-4-6(3-13)5-16/h1-2,6H,4-5H2. The fourth-order valence-corrected chi connectivity index (χ4v) is 1.38. The Morgan fingerprint density at radius 3 is 2.69 bits per heavy atom. The number of aromatic nitrogens is 2. The zero-order chi connectivity index (χ0) is 11.8. The predicted octanol–water partition coefficient (Wildman–Crippen LogP) is 1.46. The molecule has 0 saturated carbocycles. The zero-order valence-electron chi connectivity index (χ0n) is 8.07. The van der Waals surface area contributed by atoms with Crippen molar-refractivity contribution in [3.05, 3.63) is 18.0 Å². The van der Waals surface area contributed by atoms with E-state index in [9.17, 15) is 13.2 Å². The fraction of sp³-hybridized carbons (Fsp3) is 0.444. The van der Waals surface area contributed by atoms with Crippen molar-refractivity contribution in [3.8, 4) is 6.07 Å². The van der Waals surface area contributed by atoms with Crippen LogP contribution >= 0.6 is 0 Å². The SMILES string of the molecule is N#CC1CN(c2nccc(C(F)(F)F)n2)C1. The molecule has 0 bridgehead atoms. The second-order valence-corrected chi connectivity index (χ2v) is 3.47. The van der Waals surface area contributed by atoms with E-state index in [0.29, 0.717) is 13.1 Å². The third-order valence-electron chi connectivity index (χ3n) is 2.28. The predicted molar refractivity (Wildman–Crippen MR) is 48.4 cm³/mol. The molecule has 16 heavy (non-hydrogen) atoms. The molecule has 0 atom stereocenters. The average molecular weight is 228 g/mol. The summed E-state index contributed by atoms with van der Waals surface area (Å²) in [5, 5.41) is 8.54. The molecule has 2 heterocycles. The van der Waals surface area contributed by atoms with Gasteiger partial charge in [-0.15, -0.1) is 0 Å². The van der Waals surface area contributed by atoms with Crippen molar-refractivity contribution in [1.29, 1.82) is 5.26 Å². The van der Waals surface area contributed by atoms with Crippen molar-refractivity contribution in [2.45, 2.75) is 6.18 Å². The van der Waals surface area contributed by atoms with E-state index in [4.69, 9.17) is 5.26 Å². The Hall–Kier alpha value is -1.84. The van der Waals surface area contributed by atoms with Crippen molar-refractivity contribution in [1.82, 2.24) is 9.97 Å². The maximum atomic E-state index is 12.3. The Balaban J connectivity index is 2.16. The van der Waals surface area contributed by atoms with Gasteiger partial charge in [-0.2, -0.15) is 18.4 Å². The number of alkyl halides is 3. The number of anilines is 1. The second-order valence-electron chi connectivity index (χ2n) is 3.47. The van der Waals surface area contributed by atoms with Crippen LogP contribution in [0.1, 0.15) is 5.69 Å². The first-order chi connectivity index (χ1) is 7.50. The molecule has 1 aromatic rings. The average Bonchev–Trinajstić information content (AvgIpc) is 2.15. The summed E-state index contributed by atoms with van der Waals surface area (Å²) in [6, 6.07) is 2.85. The molecule has 0 radical (unpaired) electrons. The van der Waals surface area contributed by atoms with Gasteiger partial charge in [-0.1, -0.05) is 0 Å². The topological polar surface area (TPSA) is 52.8 Å². The molecule has 2 rings (SSSR count). The summed E-state index contributed by atoms with van der Waals surface area (Å²) in [4.78, 5) is 8.71. The zero-order valence-corrected chi connectivity index (χ0v) is 8.07. The van der Waals surface area contributed by atoms with Crippen LogP contribution in [0, 0.1) is 17.2 Å². The molecule has 1 aliphatic rings. The van der Waals surface area contributed by atoms with Crippen LogP contribution in [0.15, 0.2) is 12.3 Å². The van der Waals surface area contributed by atoms with E-state index in [1.807, 2.05) is 6.07 Å². The highest BCUT2D eigenvalue weighted by Crippen LogP contribution is 2.29. The van der Waals surface area contributed by atoms with E-state index in [2.05, 4.69) is 9.97 Å². The summed E-state index contributed by atoms with van der Waals surface area (Å²) < 4.78 is 37.0. The first kappa shape index (κ1) is 10.7. The van der Waals surface area contributed by atoms with Gasteiger partial charge in [0.2, 0.25) is 5.95 Å². The molecule has 0 spiro atoms. The third-order valence-corrected chi connectivity index (χ3v) is 2.28. The normalized spacial score (nSPS) is 16.8. The van der Waals surface area contributed by atoms with E-state index in [1.165, 1.54) is 0 Å². The summed E-state index contributed by atoms with van der Waals surface area (Å²) >= 11 is 0. The number of nitriles is 1. The summed E-state index contributed by atoms with van der Waals surface area (Å²) in [6.07, 6.45) is -3.39. The summed E-state index contributed by atoms with van der Waals surface area (Å²) in [7, 11) is 0. The van der Waals surface area contributed by atoms with Gasteiger partial charge in [-0.25, -0.2) is 9.97 Å². The van der Waals surface area contributed by atoms with Crippen molar-refractivity contribution < 1.29 is 13.2 Å². The fourth-order valence-electron chi connectivity index (χ4n) is 1.38. The molecule has 84 valence electrons. The maximum Gasteiger partial charge on any atom is 0.433 e. The molecule has 4 nitrogen and oxygen atoms in total. The Morgan fingerprint density at radius 2 is 2.12 bits per heavy atom. The Bertz CT molecular complexity index is 431. The van der Waals surface area contributed by atoms with Gasteiger partial charge in [0.1, 0.15) is 5.69 Å². The van der Waals surface area contributed by atoms with Gasteiger partial charge in [0, 0.05) is 19.3 Å². The highest BCUT2D eigenvalue weighted by Gasteiger charge is 2.35. The monoisotopic (exact) mass is 228 g/mol. The molecule has 0 amide bonds. The first-order valence-electron chi connectivity index (χ1n) is 4.55. The molecular weight excluding hydrogens is 221 g/mol. The lowest BCUT2D eigenvalue weighted by Crippen LogP contribution is -2.47. The molecule has 7 heteroatoms. The van der Waals surface area contributed by atoms with Gasteiger partial charge in [-0.05, 0) is 6.07 Å². The molecule has 1 saturated heterocycles. The molecule has 1 aliphatic heterocycles. The second kappa shape index (κ2) is 3.63. The van der Waals surface area contributed by atoms with Gasteiger partial charge in [-0.3, -0.25) is 0 Å². The van der Waals surface area contributed by atoms with E-state index < -0.39 is 11.9 Å². The largest absolute Gasteiger partial charge is 0.433 e. The number of nitrogens with zero attached hydrogens (tertiary/aromatic N) is 4. The van der Waals surface area contributed by atoms with Crippen LogP contribution in [0.5, 0.6) is 0 Å². The Morgan fingerprint density at radius 1 is 1.44 bits per heavy atom. The Labute approximate surface area is 89.3 Å². The summed E-state index contributed by atoms with van der Waals surface area (Å²) in [6.45, 7) is 0.773. The van der Waals surface area contributed by atoms with Crippen LogP contribution in [0.4, 0.5) is 19.1 Å².